The number of ether oxygens (including phenoxy) is 1. The SMILES string of the molecule is CCCCc1cc(=O)oc2nc(OCC#CCO)[nH]c(=O)c12. The summed E-state index contributed by atoms with van der Waals surface area (Å²) < 4.78 is 10.1. The molecule has 0 amide bonds. The molecule has 0 atom stereocenters. The van der Waals surface area contributed by atoms with Crippen LogP contribution in [0.25, 0.3) is 11.1 Å². The van der Waals surface area contributed by atoms with Crippen molar-refractivity contribution in [1.82, 2.24) is 9.97 Å². The minimum atomic E-state index is -0.553. The Bertz CT molecular complexity index is 826. The molecule has 0 aliphatic heterocycles. The molecule has 116 valence electrons. The zero-order valence-electron chi connectivity index (χ0n) is 12.1. The van der Waals surface area contributed by atoms with E-state index in [1.54, 1.807) is 0 Å². The van der Waals surface area contributed by atoms with Gasteiger partial charge in [-0.2, -0.15) is 4.98 Å². The minimum absolute atomic E-state index is 0.0469. The number of aromatic amines is 1. The van der Waals surface area contributed by atoms with E-state index >= 15 is 0 Å². The van der Waals surface area contributed by atoms with Crippen molar-refractivity contribution in [3.8, 4) is 17.9 Å². The molecule has 0 saturated heterocycles. The fourth-order valence-electron chi connectivity index (χ4n) is 1.97. The predicted octanol–water partition coefficient (Wildman–Crippen LogP) is 0.593. The van der Waals surface area contributed by atoms with Gasteiger partial charge in [0.2, 0.25) is 5.71 Å². The third-order valence-corrected chi connectivity index (χ3v) is 2.96. The van der Waals surface area contributed by atoms with E-state index in [0.29, 0.717) is 12.0 Å². The summed E-state index contributed by atoms with van der Waals surface area (Å²) in [6.45, 7) is 1.70. The fourth-order valence-corrected chi connectivity index (χ4v) is 1.97. The number of fused-ring (bicyclic) bond motifs is 1. The number of aromatic nitrogens is 2. The molecule has 0 unspecified atom stereocenters. The summed E-state index contributed by atoms with van der Waals surface area (Å²) in [6.07, 6.45) is 2.40. The maximum atomic E-state index is 12.2. The number of aliphatic hydroxyl groups is 1. The molecule has 2 N–H and O–H groups in total. The Kier molecular flexibility index (Phi) is 5.33. The van der Waals surface area contributed by atoms with E-state index in [-0.39, 0.29) is 30.3 Å². The molecule has 0 aliphatic rings. The molecular weight excluding hydrogens is 288 g/mol. The molecule has 0 fully saturated rings. The predicted molar refractivity (Wildman–Crippen MR) is 79.9 cm³/mol. The number of unbranched alkanes of at least 4 members (excludes halogenated alkanes) is 1. The number of rotatable bonds is 5. The van der Waals surface area contributed by atoms with Crippen LogP contribution in [0.5, 0.6) is 6.01 Å². The van der Waals surface area contributed by atoms with E-state index in [0.717, 1.165) is 12.8 Å². The van der Waals surface area contributed by atoms with Gasteiger partial charge in [0.1, 0.15) is 12.0 Å². The third kappa shape index (κ3) is 3.74. The van der Waals surface area contributed by atoms with Crippen molar-refractivity contribution in [1.29, 1.82) is 0 Å². The molecule has 7 heteroatoms. The normalized spacial score (nSPS) is 10.3. The van der Waals surface area contributed by atoms with E-state index < -0.39 is 11.2 Å². The van der Waals surface area contributed by atoms with E-state index in [2.05, 4.69) is 21.8 Å². The summed E-state index contributed by atoms with van der Waals surface area (Å²) in [5, 5.41) is 8.79. The van der Waals surface area contributed by atoms with Crippen LogP contribution in [0.3, 0.4) is 0 Å². The molecule has 2 heterocycles. The Morgan fingerprint density at radius 1 is 1.41 bits per heavy atom. The van der Waals surface area contributed by atoms with Gasteiger partial charge < -0.3 is 14.3 Å². The first-order valence-electron chi connectivity index (χ1n) is 6.92. The quantitative estimate of drug-likeness (QED) is 0.783. The number of nitrogens with one attached hydrogen (secondary N) is 1. The van der Waals surface area contributed by atoms with E-state index in [1.807, 2.05) is 6.92 Å². The first-order valence-corrected chi connectivity index (χ1v) is 6.92. The molecule has 0 aromatic carbocycles. The molecular formula is C15H16N2O5. The van der Waals surface area contributed by atoms with Crippen molar-refractivity contribution in [2.75, 3.05) is 13.2 Å². The summed E-state index contributed by atoms with van der Waals surface area (Å²) in [6, 6.07) is 1.24. The Labute approximate surface area is 126 Å². The molecule has 2 aromatic rings. The highest BCUT2D eigenvalue weighted by molar-refractivity contribution is 5.75. The lowest BCUT2D eigenvalue weighted by atomic mass is 10.1. The number of hydrogen-bond acceptors (Lipinski definition) is 6. The largest absolute Gasteiger partial charge is 0.451 e. The maximum Gasteiger partial charge on any atom is 0.337 e. The lowest BCUT2D eigenvalue weighted by molar-refractivity contribution is 0.333. The molecule has 0 radical (unpaired) electrons. The lowest BCUT2D eigenvalue weighted by Gasteiger charge is -2.05. The fraction of sp³-hybridized carbons (Fsp3) is 0.400. The van der Waals surface area contributed by atoms with Crippen LogP contribution >= 0.6 is 0 Å². The summed E-state index contributed by atoms with van der Waals surface area (Å²) in [7, 11) is 0. The third-order valence-electron chi connectivity index (χ3n) is 2.96. The van der Waals surface area contributed by atoms with Crippen LogP contribution in [0, 0.1) is 11.8 Å². The Morgan fingerprint density at radius 2 is 2.23 bits per heavy atom. The van der Waals surface area contributed by atoms with Crippen LogP contribution in [-0.4, -0.2) is 28.3 Å². The molecule has 2 aromatic heterocycles. The maximum absolute atomic E-state index is 12.2. The van der Waals surface area contributed by atoms with Crippen LogP contribution < -0.4 is 15.9 Å². The number of hydrogen-bond donors (Lipinski definition) is 2. The van der Waals surface area contributed by atoms with E-state index in [9.17, 15) is 9.59 Å². The Morgan fingerprint density at radius 3 is 2.95 bits per heavy atom. The summed E-state index contributed by atoms with van der Waals surface area (Å²) in [4.78, 5) is 30.2. The summed E-state index contributed by atoms with van der Waals surface area (Å²) in [5.41, 5.74) is -0.409. The van der Waals surface area contributed by atoms with Crippen molar-refractivity contribution >= 4 is 11.1 Å². The molecule has 22 heavy (non-hydrogen) atoms. The van der Waals surface area contributed by atoms with E-state index in [1.165, 1.54) is 6.07 Å². The highest BCUT2D eigenvalue weighted by Crippen LogP contribution is 2.15. The molecule has 7 nitrogen and oxygen atoms in total. The second kappa shape index (κ2) is 7.43. The van der Waals surface area contributed by atoms with Gasteiger partial charge in [-0.3, -0.25) is 9.78 Å². The second-order valence-corrected chi connectivity index (χ2v) is 4.55. The van der Waals surface area contributed by atoms with Gasteiger partial charge in [0.15, 0.2) is 6.61 Å². The van der Waals surface area contributed by atoms with Crippen LogP contribution in [-0.2, 0) is 6.42 Å². The zero-order chi connectivity index (χ0) is 15.9. The Balaban J connectivity index is 2.42. The molecule has 2 rings (SSSR count). The average Bonchev–Trinajstić information content (AvgIpc) is 2.48. The van der Waals surface area contributed by atoms with Crippen molar-refractivity contribution in [3.63, 3.8) is 0 Å². The molecule has 0 saturated carbocycles. The average molecular weight is 304 g/mol. The van der Waals surface area contributed by atoms with Gasteiger partial charge >= 0.3 is 11.6 Å². The van der Waals surface area contributed by atoms with Crippen molar-refractivity contribution in [3.05, 3.63) is 32.4 Å². The standard InChI is InChI=1S/C15H16N2O5/c1-2-3-6-10-9-11(19)22-14-12(10)13(20)16-15(17-14)21-8-5-4-7-18/h9,18H,2-3,6-8H2,1H3,(H,16,17,20). The molecule has 0 spiro atoms. The summed E-state index contributed by atoms with van der Waals surface area (Å²) >= 11 is 0. The lowest BCUT2D eigenvalue weighted by Crippen LogP contribution is -2.15. The van der Waals surface area contributed by atoms with Crippen molar-refractivity contribution < 1.29 is 14.3 Å². The van der Waals surface area contributed by atoms with Crippen LogP contribution in [0.4, 0.5) is 0 Å². The highest BCUT2D eigenvalue weighted by Gasteiger charge is 2.12. The Hall–Kier alpha value is -2.59. The first kappa shape index (κ1) is 15.8. The summed E-state index contributed by atoms with van der Waals surface area (Å²) in [5.74, 6) is 4.92. The molecule has 0 bridgehead atoms. The van der Waals surface area contributed by atoms with E-state index in [4.69, 9.17) is 14.3 Å². The smallest absolute Gasteiger partial charge is 0.337 e. The van der Waals surface area contributed by atoms with Gasteiger partial charge in [-0.05, 0) is 18.4 Å². The number of H-pyrrole nitrogens is 1. The van der Waals surface area contributed by atoms with Gasteiger partial charge in [0, 0.05) is 6.07 Å². The number of nitrogens with zero attached hydrogens (tertiary/aromatic N) is 1. The van der Waals surface area contributed by atoms with Crippen molar-refractivity contribution in [2.24, 2.45) is 0 Å². The van der Waals surface area contributed by atoms with Gasteiger partial charge in [-0.25, -0.2) is 4.79 Å². The van der Waals surface area contributed by atoms with Crippen LogP contribution in [0.15, 0.2) is 20.1 Å². The zero-order valence-corrected chi connectivity index (χ0v) is 12.1. The topological polar surface area (TPSA) is 105 Å². The second-order valence-electron chi connectivity index (χ2n) is 4.55. The minimum Gasteiger partial charge on any atom is -0.451 e. The highest BCUT2D eigenvalue weighted by atomic mass is 16.5. The van der Waals surface area contributed by atoms with Crippen LogP contribution in [0.1, 0.15) is 25.3 Å². The number of aliphatic hydroxyl groups excluding tert-OH is 1. The van der Waals surface area contributed by atoms with Gasteiger partial charge in [0.25, 0.3) is 5.56 Å². The first-order chi connectivity index (χ1) is 10.7. The monoisotopic (exact) mass is 304 g/mol. The van der Waals surface area contributed by atoms with Gasteiger partial charge in [-0.1, -0.05) is 25.2 Å². The van der Waals surface area contributed by atoms with Crippen molar-refractivity contribution in [2.45, 2.75) is 26.2 Å². The number of aryl methyl sites for hydroxylation is 1. The molecule has 0 aliphatic carbocycles. The van der Waals surface area contributed by atoms with Gasteiger partial charge in [-0.15, -0.1) is 0 Å². The van der Waals surface area contributed by atoms with Gasteiger partial charge in [0.05, 0.1) is 0 Å². The van der Waals surface area contributed by atoms with Crippen LogP contribution in [0.2, 0.25) is 0 Å².